The fourth-order valence-electron chi connectivity index (χ4n) is 3.27. The molecule has 3 aromatic rings. The molecule has 7 nitrogen and oxygen atoms in total. The van der Waals surface area contributed by atoms with E-state index in [0.717, 1.165) is 14.9 Å². The Hall–Kier alpha value is -3.69. The van der Waals surface area contributed by atoms with Gasteiger partial charge < -0.3 is 15.4 Å². The fourth-order valence-corrected chi connectivity index (χ4v) is 3.78. The maximum atomic E-state index is 13.8. The van der Waals surface area contributed by atoms with Gasteiger partial charge in [0, 0.05) is 15.1 Å². The van der Waals surface area contributed by atoms with E-state index in [9.17, 15) is 18.8 Å². The van der Waals surface area contributed by atoms with E-state index in [2.05, 4.69) is 26.6 Å². The van der Waals surface area contributed by atoms with Gasteiger partial charge in [0.15, 0.2) is 0 Å². The number of para-hydroxylation sites is 1. The van der Waals surface area contributed by atoms with Crippen molar-refractivity contribution in [2.24, 2.45) is 0 Å². The average Bonchev–Trinajstić information content (AvgIpc) is 3.08. The number of nitrogens with zero attached hydrogens (tertiary/aromatic N) is 1. The third-order valence-corrected chi connectivity index (χ3v) is 5.74. The van der Waals surface area contributed by atoms with Crippen molar-refractivity contribution >= 4 is 57.1 Å². The predicted molar refractivity (Wildman–Crippen MR) is 133 cm³/mol. The number of imide groups is 1. The second kappa shape index (κ2) is 10.7. The lowest BCUT2D eigenvalue weighted by Gasteiger charge is -2.12. The number of amides is 4. The molecule has 1 fully saturated rings. The Morgan fingerprint density at radius 3 is 2.60 bits per heavy atom. The summed E-state index contributed by atoms with van der Waals surface area (Å²) >= 11 is 9.31. The number of ether oxygens (including phenoxy) is 1. The van der Waals surface area contributed by atoms with E-state index in [1.807, 2.05) is 12.1 Å². The standard InChI is InChI=1S/C25H18BrClFN3O4/c26-17-7-10-22(35-14-15-5-8-18(27)9-6-15)16(11-17)12-21-24(33)31(25(34)30-21)13-23(32)29-20-4-2-1-3-19(20)28/h1-12H,13-14H2,(H,29,32)(H,30,34)/b21-12+. The van der Waals surface area contributed by atoms with Crippen LogP contribution in [0.4, 0.5) is 14.9 Å². The summed E-state index contributed by atoms with van der Waals surface area (Å²) in [4.78, 5) is 38.3. The predicted octanol–water partition coefficient (Wildman–Crippen LogP) is 5.35. The zero-order valence-electron chi connectivity index (χ0n) is 18.1. The van der Waals surface area contributed by atoms with Gasteiger partial charge in [0.2, 0.25) is 5.91 Å². The number of urea groups is 1. The molecule has 4 rings (SSSR count). The molecule has 0 aliphatic carbocycles. The van der Waals surface area contributed by atoms with Gasteiger partial charge >= 0.3 is 6.03 Å². The minimum atomic E-state index is -0.761. The van der Waals surface area contributed by atoms with Crippen LogP contribution in [0.1, 0.15) is 11.1 Å². The van der Waals surface area contributed by atoms with Crippen LogP contribution in [0.3, 0.4) is 0 Å². The van der Waals surface area contributed by atoms with Gasteiger partial charge in [-0.25, -0.2) is 14.1 Å². The molecule has 0 saturated carbocycles. The molecule has 3 aromatic carbocycles. The Morgan fingerprint density at radius 2 is 1.86 bits per heavy atom. The number of hydrogen-bond acceptors (Lipinski definition) is 4. The van der Waals surface area contributed by atoms with Crippen LogP contribution in [0.5, 0.6) is 5.75 Å². The zero-order chi connectivity index (χ0) is 24.9. The topological polar surface area (TPSA) is 87.7 Å². The van der Waals surface area contributed by atoms with Crippen LogP contribution in [0.2, 0.25) is 5.02 Å². The second-order valence-corrected chi connectivity index (χ2v) is 8.86. The molecule has 0 aromatic heterocycles. The van der Waals surface area contributed by atoms with Crippen LogP contribution in [0.25, 0.3) is 6.08 Å². The maximum Gasteiger partial charge on any atom is 0.329 e. The molecule has 0 unspecified atom stereocenters. The Morgan fingerprint density at radius 1 is 1.11 bits per heavy atom. The molecule has 1 heterocycles. The largest absolute Gasteiger partial charge is 0.488 e. The molecule has 0 atom stereocenters. The SMILES string of the molecule is O=C(CN1C(=O)N/C(=C/c2cc(Br)ccc2OCc2ccc(Cl)cc2)C1=O)Nc1ccccc1F. The molecule has 0 spiro atoms. The maximum absolute atomic E-state index is 13.8. The molecule has 1 aliphatic rings. The zero-order valence-corrected chi connectivity index (χ0v) is 20.4. The Bertz CT molecular complexity index is 1330. The molecule has 2 N–H and O–H groups in total. The number of benzene rings is 3. The lowest BCUT2D eigenvalue weighted by molar-refractivity contribution is -0.127. The molecule has 0 radical (unpaired) electrons. The first-order valence-corrected chi connectivity index (χ1v) is 11.5. The highest BCUT2D eigenvalue weighted by atomic mass is 79.9. The van der Waals surface area contributed by atoms with E-state index in [1.165, 1.54) is 24.3 Å². The van der Waals surface area contributed by atoms with E-state index in [1.54, 1.807) is 36.4 Å². The van der Waals surface area contributed by atoms with Crippen molar-refractivity contribution in [2.45, 2.75) is 6.61 Å². The summed E-state index contributed by atoms with van der Waals surface area (Å²) in [6, 6.07) is 17.3. The summed E-state index contributed by atoms with van der Waals surface area (Å²) in [6.07, 6.45) is 1.47. The molecule has 10 heteroatoms. The summed E-state index contributed by atoms with van der Waals surface area (Å²) in [5.74, 6) is -1.55. The van der Waals surface area contributed by atoms with Crippen molar-refractivity contribution in [2.75, 3.05) is 11.9 Å². The first-order chi connectivity index (χ1) is 16.8. The van der Waals surface area contributed by atoms with Crippen LogP contribution in [-0.2, 0) is 16.2 Å². The van der Waals surface area contributed by atoms with E-state index < -0.39 is 30.2 Å². The molecule has 178 valence electrons. The molecule has 35 heavy (non-hydrogen) atoms. The van der Waals surface area contributed by atoms with Crippen molar-refractivity contribution in [3.8, 4) is 5.75 Å². The number of carbonyl (C=O) groups excluding carboxylic acids is 3. The van der Waals surface area contributed by atoms with Gasteiger partial charge in [-0.15, -0.1) is 0 Å². The van der Waals surface area contributed by atoms with E-state index in [-0.39, 0.29) is 18.0 Å². The normalized spacial score (nSPS) is 14.3. The van der Waals surface area contributed by atoms with Crippen molar-refractivity contribution < 1.29 is 23.5 Å². The van der Waals surface area contributed by atoms with Crippen molar-refractivity contribution in [3.63, 3.8) is 0 Å². The van der Waals surface area contributed by atoms with Gasteiger partial charge in [-0.3, -0.25) is 9.59 Å². The van der Waals surface area contributed by atoms with Crippen LogP contribution in [0.15, 0.2) is 76.9 Å². The molecular weight excluding hydrogens is 541 g/mol. The van der Waals surface area contributed by atoms with Gasteiger partial charge in [0.1, 0.15) is 30.4 Å². The highest BCUT2D eigenvalue weighted by molar-refractivity contribution is 9.10. The first kappa shape index (κ1) is 24.4. The van der Waals surface area contributed by atoms with Gasteiger partial charge in [-0.1, -0.05) is 51.8 Å². The number of nitrogens with one attached hydrogen (secondary N) is 2. The van der Waals surface area contributed by atoms with Gasteiger partial charge in [0.05, 0.1) is 5.69 Å². The molecule has 4 amide bonds. The van der Waals surface area contributed by atoms with Crippen molar-refractivity contribution in [3.05, 3.63) is 98.9 Å². The third-order valence-electron chi connectivity index (χ3n) is 4.99. The number of hydrogen-bond donors (Lipinski definition) is 2. The fraction of sp³-hybridized carbons (Fsp3) is 0.0800. The van der Waals surface area contributed by atoms with Gasteiger partial charge in [-0.2, -0.15) is 0 Å². The number of rotatable bonds is 7. The molecule has 0 bridgehead atoms. The third kappa shape index (κ3) is 6.06. The quantitative estimate of drug-likeness (QED) is 0.302. The van der Waals surface area contributed by atoms with Crippen molar-refractivity contribution in [1.82, 2.24) is 10.2 Å². The summed E-state index contributed by atoms with van der Waals surface area (Å²) in [7, 11) is 0. The smallest absolute Gasteiger partial charge is 0.329 e. The molecular formula is C25H18BrClFN3O4. The summed E-state index contributed by atoms with van der Waals surface area (Å²) in [6.45, 7) is -0.313. The highest BCUT2D eigenvalue weighted by Gasteiger charge is 2.35. The van der Waals surface area contributed by atoms with E-state index >= 15 is 0 Å². The minimum Gasteiger partial charge on any atom is -0.488 e. The Kier molecular flexibility index (Phi) is 7.48. The Balaban J connectivity index is 1.48. The molecule has 1 saturated heterocycles. The van der Waals surface area contributed by atoms with Crippen molar-refractivity contribution in [1.29, 1.82) is 0 Å². The average molecular weight is 559 g/mol. The highest BCUT2D eigenvalue weighted by Crippen LogP contribution is 2.27. The van der Waals surface area contributed by atoms with Crippen LogP contribution in [-0.4, -0.2) is 29.3 Å². The number of carbonyl (C=O) groups is 3. The van der Waals surface area contributed by atoms with Gasteiger partial charge in [-0.05, 0) is 54.1 Å². The first-order valence-electron chi connectivity index (χ1n) is 10.4. The minimum absolute atomic E-state index is 0.0249. The summed E-state index contributed by atoms with van der Waals surface area (Å²) in [5.41, 5.74) is 1.36. The van der Waals surface area contributed by atoms with E-state index in [0.29, 0.717) is 16.3 Å². The Labute approximate surface area is 213 Å². The monoisotopic (exact) mass is 557 g/mol. The van der Waals surface area contributed by atoms with Crippen LogP contribution < -0.4 is 15.4 Å². The molecule has 1 aliphatic heterocycles. The summed E-state index contributed by atoms with van der Waals surface area (Å²) < 4.78 is 20.4. The van der Waals surface area contributed by atoms with E-state index in [4.69, 9.17) is 16.3 Å². The van der Waals surface area contributed by atoms with Crippen LogP contribution in [0, 0.1) is 5.82 Å². The lowest BCUT2D eigenvalue weighted by Crippen LogP contribution is -2.38. The lowest BCUT2D eigenvalue weighted by atomic mass is 10.1. The summed E-state index contributed by atoms with van der Waals surface area (Å²) in [5, 5.41) is 5.44. The second-order valence-electron chi connectivity index (χ2n) is 7.50. The number of anilines is 1. The van der Waals surface area contributed by atoms with Crippen LogP contribution >= 0.6 is 27.5 Å². The van der Waals surface area contributed by atoms with Gasteiger partial charge in [0.25, 0.3) is 5.91 Å². The number of halogens is 3.